The summed E-state index contributed by atoms with van der Waals surface area (Å²) >= 11 is 1.67. The highest BCUT2D eigenvalue weighted by molar-refractivity contribution is 8.14. The fraction of sp³-hybridized carbons (Fsp3) is 0.778. The Hall–Kier alpha value is -0.710. The van der Waals surface area contributed by atoms with Gasteiger partial charge in [0.2, 0.25) is 5.91 Å². The van der Waals surface area contributed by atoms with Crippen LogP contribution >= 0.6 is 11.8 Å². The zero-order valence-electron chi connectivity index (χ0n) is 8.83. The minimum absolute atomic E-state index is 0.0235. The van der Waals surface area contributed by atoms with Crippen molar-refractivity contribution in [3.8, 4) is 0 Å². The molecule has 14 heavy (non-hydrogen) atoms. The van der Waals surface area contributed by atoms with Crippen molar-refractivity contribution < 1.29 is 4.79 Å². The molecule has 0 radical (unpaired) electrons. The molecule has 0 spiro atoms. The van der Waals surface area contributed by atoms with Gasteiger partial charge in [0.25, 0.3) is 0 Å². The minimum atomic E-state index is -0.202. The molecule has 5 heteroatoms. The number of likely N-dealkylation sites (N-methyl/N-ethyl adjacent to an activating group) is 1. The summed E-state index contributed by atoms with van der Waals surface area (Å²) in [6, 6.07) is 0.162. The van der Waals surface area contributed by atoms with Gasteiger partial charge >= 0.3 is 0 Å². The number of carbonyl (C=O) groups excluding carboxylic acids is 1. The molecule has 0 saturated heterocycles. The first-order valence-electron chi connectivity index (χ1n) is 4.88. The van der Waals surface area contributed by atoms with Gasteiger partial charge in [0, 0.05) is 12.3 Å². The maximum Gasteiger partial charge on any atom is 0.242 e. The van der Waals surface area contributed by atoms with Crippen LogP contribution in [0.3, 0.4) is 0 Å². The predicted molar refractivity (Wildman–Crippen MR) is 60.6 cm³/mol. The zero-order chi connectivity index (χ0) is 10.6. The van der Waals surface area contributed by atoms with E-state index in [1.807, 2.05) is 13.8 Å². The summed E-state index contributed by atoms with van der Waals surface area (Å²) in [7, 11) is 0. The monoisotopic (exact) mass is 215 g/mol. The largest absolute Gasteiger partial charge is 0.355 e. The maximum atomic E-state index is 11.4. The predicted octanol–water partition coefficient (Wildman–Crippen LogP) is 0.592. The second-order valence-corrected chi connectivity index (χ2v) is 4.36. The number of nitrogens with one attached hydrogen (secondary N) is 2. The summed E-state index contributed by atoms with van der Waals surface area (Å²) in [5, 5.41) is 6.74. The lowest BCUT2D eigenvalue weighted by atomic mass is 10.3. The quantitative estimate of drug-likeness (QED) is 0.724. The number of hydrogen-bond donors (Lipinski definition) is 2. The van der Waals surface area contributed by atoms with E-state index in [1.165, 1.54) is 0 Å². The first-order valence-corrected chi connectivity index (χ1v) is 5.87. The molecule has 1 heterocycles. The third-order valence-corrected chi connectivity index (χ3v) is 3.03. The van der Waals surface area contributed by atoms with Crippen molar-refractivity contribution in [2.45, 2.75) is 32.9 Å². The highest BCUT2D eigenvalue weighted by atomic mass is 32.2. The van der Waals surface area contributed by atoms with Crippen LogP contribution in [0.5, 0.6) is 0 Å². The lowest BCUT2D eigenvalue weighted by molar-refractivity contribution is -0.122. The lowest BCUT2D eigenvalue weighted by Crippen LogP contribution is -2.43. The fourth-order valence-corrected chi connectivity index (χ4v) is 2.12. The number of rotatable bonds is 3. The van der Waals surface area contributed by atoms with Gasteiger partial charge in [-0.2, -0.15) is 0 Å². The molecule has 1 aliphatic heterocycles. The number of nitrogens with zero attached hydrogens (tertiary/aromatic N) is 1. The van der Waals surface area contributed by atoms with Crippen LogP contribution in [0.1, 0.15) is 20.8 Å². The van der Waals surface area contributed by atoms with Crippen molar-refractivity contribution in [2.75, 3.05) is 12.3 Å². The Balaban J connectivity index is 2.36. The Morgan fingerprint density at radius 2 is 2.50 bits per heavy atom. The Morgan fingerprint density at radius 3 is 3.00 bits per heavy atom. The van der Waals surface area contributed by atoms with E-state index in [0.717, 1.165) is 10.9 Å². The summed E-state index contributed by atoms with van der Waals surface area (Å²) in [6.45, 7) is 6.49. The van der Waals surface area contributed by atoms with Crippen LogP contribution < -0.4 is 10.6 Å². The van der Waals surface area contributed by atoms with Gasteiger partial charge in [-0.3, -0.25) is 9.79 Å². The SMILES string of the molecule is CCNC(=O)C(C)NC1=NC(C)CS1. The van der Waals surface area contributed by atoms with Gasteiger partial charge in [-0.05, 0) is 20.8 Å². The Bertz CT molecular complexity index is 242. The molecule has 4 nitrogen and oxygen atoms in total. The van der Waals surface area contributed by atoms with Gasteiger partial charge in [-0.25, -0.2) is 0 Å². The molecule has 2 N–H and O–H groups in total. The van der Waals surface area contributed by atoms with Crippen LogP contribution in [0.15, 0.2) is 4.99 Å². The number of hydrogen-bond acceptors (Lipinski definition) is 4. The van der Waals surface area contributed by atoms with Crippen LogP contribution in [-0.2, 0) is 4.79 Å². The average Bonchev–Trinajstić information content (AvgIpc) is 2.51. The second kappa shape index (κ2) is 5.24. The van der Waals surface area contributed by atoms with Crippen molar-refractivity contribution in [2.24, 2.45) is 4.99 Å². The van der Waals surface area contributed by atoms with E-state index in [2.05, 4.69) is 22.5 Å². The number of amides is 1. The third-order valence-electron chi connectivity index (χ3n) is 1.88. The minimum Gasteiger partial charge on any atom is -0.355 e. The number of thioether (sulfide) groups is 1. The van der Waals surface area contributed by atoms with Crippen LogP contribution in [0.25, 0.3) is 0 Å². The molecule has 0 saturated carbocycles. The molecule has 1 rings (SSSR count). The average molecular weight is 215 g/mol. The van der Waals surface area contributed by atoms with Crippen LogP contribution in [-0.4, -0.2) is 35.5 Å². The van der Waals surface area contributed by atoms with Crippen molar-refractivity contribution in [1.82, 2.24) is 10.6 Å². The maximum absolute atomic E-state index is 11.4. The molecule has 0 bridgehead atoms. The Kier molecular flexibility index (Phi) is 4.25. The molecule has 1 amide bonds. The summed E-state index contributed by atoms with van der Waals surface area (Å²) in [5.41, 5.74) is 0. The first kappa shape index (κ1) is 11.4. The molecule has 1 aliphatic rings. The van der Waals surface area contributed by atoms with E-state index >= 15 is 0 Å². The van der Waals surface area contributed by atoms with Crippen LogP contribution in [0.2, 0.25) is 0 Å². The van der Waals surface area contributed by atoms with Gasteiger partial charge in [0.15, 0.2) is 5.17 Å². The highest BCUT2D eigenvalue weighted by Crippen LogP contribution is 2.15. The molecule has 0 aliphatic carbocycles. The normalized spacial score (nSPS) is 22.8. The van der Waals surface area contributed by atoms with Gasteiger partial charge in [0.05, 0.1) is 6.04 Å². The molecule has 0 aromatic rings. The van der Waals surface area contributed by atoms with E-state index < -0.39 is 0 Å². The van der Waals surface area contributed by atoms with E-state index in [0.29, 0.717) is 12.6 Å². The summed E-state index contributed by atoms with van der Waals surface area (Å²) in [6.07, 6.45) is 0. The molecule has 80 valence electrons. The van der Waals surface area contributed by atoms with Crippen molar-refractivity contribution in [3.63, 3.8) is 0 Å². The summed E-state index contributed by atoms with van der Waals surface area (Å²) < 4.78 is 0. The van der Waals surface area contributed by atoms with Gasteiger partial charge in [0.1, 0.15) is 6.04 Å². The van der Waals surface area contributed by atoms with E-state index in [9.17, 15) is 4.79 Å². The second-order valence-electron chi connectivity index (χ2n) is 3.35. The zero-order valence-corrected chi connectivity index (χ0v) is 9.65. The topological polar surface area (TPSA) is 53.5 Å². The van der Waals surface area contributed by atoms with Crippen molar-refractivity contribution in [3.05, 3.63) is 0 Å². The van der Waals surface area contributed by atoms with Crippen molar-refractivity contribution in [1.29, 1.82) is 0 Å². The summed E-state index contributed by atoms with van der Waals surface area (Å²) in [5.74, 6) is 1.03. The highest BCUT2D eigenvalue weighted by Gasteiger charge is 2.18. The molecular weight excluding hydrogens is 198 g/mol. The number of aliphatic imine (C=N–C) groups is 1. The van der Waals surface area contributed by atoms with E-state index in [1.54, 1.807) is 11.8 Å². The summed E-state index contributed by atoms with van der Waals surface area (Å²) in [4.78, 5) is 15.7. The van der Waals surface area contributed by atoms with Crippen LogP contribution in [0, 0.1) is 0 Å². The van der Waals surface area contributed by atoms with Crippen molar-refractivity contribution >= 4 is 22.8 Å². The third kappa shape index (κ3) is 3.21. The molecule has 0 aromatic carbocycles. The van der Waals surface area contributed by atoms with Crippen LogP contribution in [0.4, 0.5) is 0 Å². The number of amidine groups is 1. The smallest absolute Gasteiger partial charge is 0.242 e. The van der Waals surface area contributed by atoms with Gasteiger partial charge in [-0.1, -0.05) is 11.8 Å². The van der Waals surface area contributed by atoms with E-state index in [4.69, 9.17) is 0 Å². The molecular formula is C9H17N3OS. The van der Waals surface area contributed by atoms with E-state index in [-0.39, 0.29) is 11.9 Å². The Morgan fingerprint density at radius 1 is 1.79 bits per heavy atom. The lowest BCUT2D eigenvalue weighted by Gasteiger charge is -2.13. The molecule has 0 aromatic heterocycles. The number of carbonyl (C=O) groups is 1. The standard InChI is InChI=1S/C9H17N3OS/c1-4-10-8(13)7(3)12-9-11-6(2)5-14-9/h6-7H,4-5H2,1-3H3,(H,10,13)(H,11,12). The molecule has 2 atom stereocenters. The van der Waals surface area contributed by atoms with Gasteiger partial charge < -0.3 is 10.6 Å². The first-order chi connectivity index (χ1) is 6.63. The molecule has 2 unspecified atom stereocenters. The fourth-order valence-electron chi connectivity index (χ4n) is 1.13. The molecule has 0 fully saturated rings. The Labute approximate surface area is 88.9 Å². The van der Waals surface area contributed by atoms with Gasteiger partial charge in [-0.15, -0.1) is 0 Å².